The minimum absolute atomic E-state index is 0.280. The van der Waals surface area contributed by atoms with Crippen molar-refractivity contribution < 1.29 is 19.2 Å². The Balaban J connectivity index is 2.89. The van der Waals surface area contributed by atoms with Gasteiger partial charge in [-0.25, -0.2) is 10.7 Å². The molecule has 0 atom stereocenters. The topological polar surface area (TPSA) is 90.6 Å². The van der Waals surface area contributed by atoms with E-state index >= 15 is 0 Å². The fourth-order valence-corrected chi connectivity index (χ4v) is 1.37. The Hall–Kier alpha value is -1.92. The second kappa shape index (κ2) is 6.31. The number of para-hydroxylation sites is 1. The SMILES string of the molecule is CC(C)(C)OC(=O)c1ccccc1NC(=O)CON. The number of amides is 1. The Kier molecular flexibility index (Phi) is 5.02. The van der Waals surface area contributed by atoms with Crippen molar-refractivity contribution in [3.8, 4) is 0 Å². The van der Waals surface area contributed by atoms with E-state index in [0.717, 1.165) is 0 Å². The predicted molar refractivity (Wildman–Crippen MR) is 70.4 cm³/mol. The van der Waals surface area contributed by atoms with E-state index in [2.05, 4.69) is 10.2 Å². The van der Waals surface area contributed by atoms with Crippen LogP contribution in [0.1, 0.15) is 31.1 Å². The fourth-order valence-electron chi connectivity index (χ4n) is 1.37. The van der Waals surface area contributed by atoms with Crippen LogP contribution in [0, 0.1) is 0 Å². The van der Waals surface area contributed by atoms with Crippen LogP contribution in [0.5, 0.6) is 0 Å². The Morgan fingerprint density at radius 1 is 1.26 bits per heavy atom. The Labute approximate surface area is 111 Å². The second-order valence-electron chi connectivity index (χ2n) is 4.91. The number of benzene rings is 1. The van der Waals surface area contributed by atoms with E-state index < -0.39 is 17.5 Å². The first-order valence-electron chi connectivity index (χ1n) is 5.77. The highest BCUT2D eigenvalue weighted by atomic mass is 16.6. The average molecular weight is 266 g/mol. The largest absolute Gasteiger partial charge is 0.456 e. The van der Waals surface area contributed by atoms with Gasteiger partial charge in [-0.2, -0.15) is 0 Å². The summed E-state index contributed by atoms with van der Waals surface area (Å²) in [5.74, 6) is 3.86. The third-order valence-corrected chi connectivity index (χ3v) is 2.03. The van der Waals surface area contributed by atoms with Crippen LogP contribution in [0.15, 0.2) is 24.3 Å². The summed E-state index contributed by atoms with van der Waals surface area (Å²) >= 11 is 0. The number of nitrogens with two attached hydrogens (primary N) is 1. The zero-order valence-corrected chi connectivity index (χ0v) is 11.2. The molecular weight excluding hydrogens is 248 g/mol. The van der Waals surface area contributed by atoms with Gasteiger partial charge in [-0.15, -0.1) is 0 Å². The molecule has 19 heavy (non-hydrogen) atoms. The summed E-state index contributed by atoms with van der Waals surface area (Å²) in [6, 6.07) is 6.57. The molecule has 0 spiro atoms. The quantitative estimate of drug-likeness (QED) is 0.636. The van der Waals surface area contributed by atoms with Crippen LogP contribution >= 0.6 is 0 Å². The molecule has 1 rings (SSSR count). The van der Waals surface area contributed by atoms with Gasteiger partial charge in [0.25, 0.3) is 5.91 Å². The van der Waals surface area contributed by atoms with Crippen LogP contribution in [0.2, 0.25) is 0 Å². The first-order valence-corrected chi connectivity index (χ1v) is 5.77. The fraction of sp³-hybridized carbons (Fsp3) is 0.385. The third-order valence-electron chi connectivity index (χ3n) is 2.03. The first-order chi connectivity index (χ1) is 8.83. The molecular formula is C13H18N2O4. The van der Waals surface area contributed by atoms with E-state index in [1.54, 1.807) is 45.0 Å². The molecule has 104 valence electrons. The molecule has 0 unspecified atom stereocenters. The van der Waals surface area contributed by atoms with E-state index in [9.17, 15) is 9.59 Å². The van der Waals surface area contributed by atoms with Crippen molar-refractivity contribution in [2.45, 2.75) is 26.4 Å². The summed E-state index contributed by atoms with van der Waals surface area (Å²) in [6.45, 7) is 5.03. The van der Waals surface area contributed by atoms with Crippen LogP contribution in [-0.4, -0.2) is 24.1 Å². The summed E-state index contributed by atoms with van der Waals surface area (Å²) in [5, 5.41) is 2.53. The minimum atomic E-state index is -0.603. The van der Waals surface area contributed by atoms with Crippen molar-refractivity contribution in [2.75, 3.05) is 11.9 Å². The van der Waals surface area contributed by atoms with E-state index in [0.29, 0.717) is 5.69 Å². The first kappa shape index (κ1) is 15.1. The molecule has 0 aliphatic carbocycles. The molecule has 0 saturated carbocycles. The monoisotopic (exact) mass is 266 g/mol. The summed E-state index contributed by atoms with van der Waals surface area (Å²) in [4.78, 5) is 27.6. The smallest absolute Gasteiger partial charge is 0.340 e. The van der Waals surface area contributed by atoms with E-state index in [1.807, 2.05) is 0 Å². The Bertz CT molecular complexity index is 466. The summed E-state index contributed by atoms with van der Waals surface area (Å²) in [5.41, 5.74) is 0.0378. The van der Waals surface area contributed by atoms with Crippen LogP contribution < -0.4 is 11.2 Å². The standard InChI is InChI=1S/C13H18N2O4/c1-13(2,3)19-12(17)9-6-4-5-7-10(9)15-11(16)8-18-14/h4-7H,8,14H2,1-3H3,(H,15,16). The maximum absolute atomic E-state index is 12.0. The normalized spacial score (nSPS) is 10.9. The van der Waals surface area contributed by atoms with Crippen molar-refractivity contribution in [2.24, 2.45) is 5.90 Å². The van der Waals surface area contributed by atoms with E-state index in [1.165, 1.54) is 0 Å². The number of esters is 1. The summed E-state index contributed by atoms with van der Waals surface area (Å²) in [7, 11) is 0. The van der Waals surface area contributed by atoms with Gasteiger partial charge in [0.15, 0.2) is 0 Å². The van der Waals surface area contributed by atoms with Gasteiger partial charge in [0.2, 0.25) is 0 Å². The lowest BCUT2D eigenvalue weighted by Crippen LogP contribution is -2.26. The molecule has 3 N–H and O–H groups in total. The molecule has 0 bridgehead atoms. The van der Waals surface area contributed by atoms with Crippen LogP contribution in [0.4, 0.5) is 5.69 Å². The van der Waals surface area contributed by atoms with E-state index in [4.69, 9.17) is 10.6 Å². The Morgan fingerprint density at radius 3 is 2.47 bits per heavy atom. The predicted octanol–water partition coefficient (Wildman–Crippen LogP) is 1.47. The molecule has 1 aromatic carbocycles. The molecule has 1 amide bonds. The maximum Gasteiger partial charge on any atom is 0.340 e. The lowest BCUT2D eigenvalue weighted by molar-refractivity contribution is -0.120. The molecule has 0 aliphatic rings. The van der Waals surface area contributed by atoms with Crippen molar-refractivity contribution in [3.05, 3.63) is 29.8 Å². The van der Waals surface area contributed by atoms with Crippen molar-refractivity contribution in [1.29, 1.82) is 0 Å². The van der Waals surface area contributed by atoms with Gasteiger partial charge in [0.1, 0.15) is 12.2 Å². The van der Waals surface area contributed by atoms with Crippen molar-refractivity contribution in [3.63, 3.8) is 0 Å². The molecule has 0 aromatic heterocycles. The lowest BCUT2D eigenvalue weighted by Gasteiger charge is -2.20. The lowest BCUT2D eigenvalue weighted by atomic mass is 10.1. The van der Waals surface area contributed by atoms with Crippen molar-refractivity contribution >= 4 is 17.6 Å². The molecule has 1 aromatic rings. The zero-order chi connectivity index (χ0) is 14.5. The number of anilines is 1. The molecule has 6 nitrogen and oxygen atoms in total. The number of nitrogens with one attached hydrogen (secondary N) is 1. The third kappa shape index (κ3) is 5.07. The number of ether oxygens (including phenoxy) is 1. The molecule has 0 saturated heterocycles. The average Bonchev–Trinajstić information content (AvgIpc) is 2.27. The number of hydrogen-bond acceptors (Lipinski definition) is 5. The number of rotatable bonds is 4. The zero-order valence-electron chi connectivity index (χ0n) is 11.2. The molecule has 0 fully saturated rings. The van der Waals surface area contributed by atoms with Crippen LogP contribution in [0.3, 0.4) is 0 Å². The molecule has 0 radical (unpaired) electrons. The van der Waals surface area contributed by atoms with Crippen LogP contribution in [0.25, 0.3) is 0 Å². The number of carbonyl (C=O) groups is 2. The highest BCUT2D eigenvalue weighted by Gasteiger charge is 2.20. The van der Waals surface area contributed by atoms with E-state index in [-0.39, 0.29) is 12.2 Å². The van der Waals surface area contributed by atoms with Gasteiger partial charge in [-0.3, -0.25) is 9.63 Å². The van der Waals surface area contributed by atoms with Gasteiger partial charge in [0, 0.05) is 0 Å². The van der Waals surface area contributed by atoms with Gasteiger partial charge in [0.05, 0.1) is 11.3 Å². The molecule has 0 aliphatic heterocycles. The number of hydrogen-bond donors (Lipinski definition) is 2. The molecule has 0 heterocycles. The maximum atomic E-state index is 12.0. The van der Waals surface area contributed by atoms with Gasteiger partial charge in [-0.1, -0.05) is 12.1 Å². The van der Waals surface area contributed by atoms with Gasteiger partial charge < -0.3 is 10.1 Å². The van der Waals surface area contributed by atoms with Crippen LogP contribution in [-0.2, 0) is 14.4 Å². The highest BCUT2D eigenvalue weighted by molar-refractivity contribution is 6.01. The number of carbonyl (C=O) groups excluding carboxylic acids is 2. The summed E-state index contributed by atoms with van der Waals surface area (Å²) < 4.78 is 5.26. The van der Waals surface area contributed by atoms with Gasteiger partial charge >= 0.3 is 5.97 Å². The summed E-state index contributed by atoms with van der Waals surface area (Å²) in [6.07, 6.45) is 0. The minimum Gasteiger partial charge on any atom is -0.456 e. The van der Waals surface area contributed by atoms with Gasteiger partial charge in [-0.05, 0) is 32.9 Å². The van der Waals surface area contributed by atoms with Crippen molar-refractivity contribution in [1.82, 2.24) is 0 Å². The molecule has 6 heteroatoms. The Morgan fingerprint density at radius 2 is 1.89 bits per heavy atom. The highest BCUT2D eigenvalue weighted by Crippen LogP contribution is 2.19. The second-order valence-corrected chi connectivity index (χ2v) is 4.91.